The van der Waals surface area contributed by atoms with E-state index in [0.29, 0.717) is 79.8 Å². The number of ether oxygens (including phenoxy) is 2. The molecule has 71 heavy (non-hydrogen) atoms. The van der Waals surface area contributed by atoms with Gasteiger partial charge in [0.05, 0.1) is 31.9 Å². The molecule has 5 aromatic rings. The predicted molar refractivity (Wildman–Crippen MR) is 258 cm³/mol. The van der Waals surface area contributed by atoms with Crippen molar-refractivity contribution in [1.82, 2.24) is 20.4 Å². The predicted octanol–water partition coefficient (Wildman–Crippen LogP) is 8.84. The van der Waals surface area contributed by atoms with Crippen LogP contribution in [0.15, 0.2) is 133 Å². The number of benzene rings is 5. The number of alkyl halides is 3. The molecule has 0 aliphatic carbocycles. The van der Waals surface area contributed by atoms with E-state index in [4.69, 9.17) is 9.47 Å². The molecular weight excluding hydrogens is 920 g/mol. The Balaban J connectivity index is 0.967. The van der Waals surface area contributed by atoms with E-state index in [9.17, 15) is 41.9 Å². The Kier molecular flexibility index (Phi) is 15.2. The number of amides is 6. The molecule has 3 heterocycles. The quantitative estimate of drug-likeness (QED) is 0.0898. The zero-order valence-corrected chi connectivity index (χ0v) is 39.1. The van der Waals surface area contributed by atoms with Crippen molar-refractivity contribution in [2.24, 2.45) is 0 Å². The van der Waals surface area contributed by atoms with Gasteiger partial charge in [-0.15, -0.1) is 0 Å². The van der Waals surface area contributed by atoms with Crippen LogP contribution in [-0.2, 0) is 34.8 Å². The molecule has 3 saturated heterocycles. The molecule has 5 aromatic carbocycles. The third-order valence-corrected chi connectivity index (χ3v) is 13.3. The molecule has 18 heteroatoms. The standard InChI is InChI=1S/C53H54F3N7O8/c1-70-51(68)59-45(35-11-5-3-6-12-35)49(66)61-31-9-15-43(61)47(64)57-38-23-17-33(18-24-38)41-29-30-42(63(41)40-27-21-37(22-28-40)53(54,55)56)34-19-25-39(26-20-34)58-48(65)44-16-10-32-62(44)50(67)46(60-52(69)71-2)36-13-7-4-8-14-36/h3-8,11-14,17-28,41-46H,9-10,15-16,29-32H2,1-2H3,(H,57,64)(H,58,65)(H,59,68)(H,60,69)/t41-,42-,43+,44?,45+,46?/m1/s1. The summed E-state index contributed by atoms with van der Waals surface area (Å²) in [5.41, 5.74) is 3.57. The first-order chi connectivity index (χ1) is 34.2. The van der Waals surface area contributed by atoms with Gasteiger partial charge in [0.1, 0.15) is 24.2 Å². The van der Waals surface area contributed by atoms with Crippen LogP contribution >= 0.6 is 0 Å². The lowest BCUT2D eigenvalue weighted by Gasteiger charge is -2.34. The Labute approximate surface area is 408 Å². The number of carbonyl (C=O) groups is 6. The Morgan fingerprint density at radius 1 is 0.535 bits per heavy atom. The molecule has 0 spiro atoms. The van der Waals surface area contributed by atoms with Crippen LogP contribution in [0, 0.1) is 0 Å². The highest BCUT2D eigenvalue weighted by Gasteiger charge is 2.41. The molecule has 6 amide bonds. The van der Waals surface area contributed by atoms with Crippen molar-refractivity contribution in [3.05, 3.63) is 161 Å². The van der Waals surface area contributed by atoms with E-state index in [1.807, 2.05) is 24.3 Å². The van der Waals surface area contributed by atoms with Crippen LogP contribution in [0.25, 0.3) is 0 Å². The van der Waals surface area contributed by atoms with Crippen LogP contribution in [0.3, 0.4) is 0 Å². The third-order valence-electron chi connectivity index (χ3n) is 13.3. The summed E-state index contributed by atoms with van der Waals surface area (Å²) < 4.78 is 50.8. The summed E-state index contributed by atoms with van der Waals surface area (Å²) >= 11 is 0. The maximum atomic E-state index is 13.9. The number of nitrogens with zero attached hydrogens (tertiary/aromatic N) is 3. The molecule has 2 unspecified atom stereocenters. The van der Waals surface area contributed by atoms with Crippen molar-refractivity contribution in [2.75, 3.05) is 42.8 Å². The minimum atomic E-state index is -4.53. The van der Waals surface area contributed by atoms with E-state index in [1.165, 1.54) is 36.2 Å². The molecule has 4 N–H and O–H groups in total. The van der Waals surface area contributed by atoms with Crippen molar-refractivity contribution in [1.29, 1.82) is 0 Å². The number of likely N-dealkylation sites (tertiary alicyclic amines) is 2. The molecule has 3 aliphatic heterocycles. The average molecular weight is 974 g/mol. The molecule has 370 valence electrons. The van der Waals surface area contributed by atoms with Gasteiger partial charge in [-0.1, -0.05) is 84.9 Å². The second-order valence-corrected chi connectivity index (χ2v) is 17.6. The van der Waals surface area contributed by atoms with Gasteiger partial charge in [-0.2, -0.15) is 13.2 Å². The van der Waals surface area contributed by atoms with E-state index in [0.717, 1.165) is 23.3 Å². The van der Waals surface area contributed by atoms with Gasteiger partial charge in [0.2, 0.25) is 11.8 Å². The van der Waals surface area contributed by atoms with Crippen LogP contribution < -0.4 is 26.2 Å². The number of halogens is 3. The van der Waals surface area contributed by atoms with Gasteiger partial charge in [-0.3, -0.25) is 19.2 Å². The number of methoxy groups -OCH3 is 2. The van der Waals surface area contributed by atoms with Crippen LogP contribution in [0.4, 0.5) is 39.8 Å². The Hall–Kier alpha value is -7.89. The van der Waals surface area contributed by atoms with Crippen molar-refractivity contribution < 1.29 is 51.4 Å². The first kappa shape index (κ1) is 49.5. The highest BCUT2D eigenvalue weighted by molar-refractivity contribution is 6.00. The molecule has 0 radical (unpaired) electrons. The SMILES string of the molecule is COC(=O)NC(C(=O)N1CCCC1C(=O)Nc1ccc([C@H]2CC[C@H](c3ccc(NC(=O)[C@@H]4CCCN4C(=O)[C@@H](NC(=O)OC)c4ccccc4)cc3)N2c2ccc(C(F)(F)F)cc2)cc1)c1ccccc1. The van der Waals surface area contributed by atoms with Gasteiger partial charge in [-0.25, -0.2) is 9.59 Å². The topological polar surface area (TPSA) is 179 Å². The van der Waals surface area contributed by atoms with Crippen molar-refractivity contribution in [2.45, 2.75) is 81.0 Å². The fourth-order valence-electron chi connectivity index (χ4n) is 9.83. The fraction of sp³-hybridized carbons (Fsp3) is 0.321. The number of nitrogens with one attached hydrogen (secondary N) is 4. The zero-order chi connectivity index (χ0) is 50.2. The second kappa shape index (κ2) is 21.8. The molecule has 0 aromatic heterocycles. The monoisotopic (exact) mass is 973 g/mol. The van der Waals surface area contributed by atoms with E-state index in [1.54, 1.807) is 84.9 Å². The molecule has 6 atom stereocenters. The number of alkyl carbamates (subject to hydrolysis) is 2. The van der Waals surface area contributed by atoms with Crippen molar-refractivity contribution in [3.63, 3.8) is 0 Å². The second-order valence-electron chi connectivity index (χ2n) is 17.6. The average Bonchev–Trinajstić information content (AvgIpc) is 4.19. The smallest absolute Gasteiger partial charge is 0.416 e. The van der Waals surface area contributed by atoms with Crippen molar-refractivity contribution in [3.8, 4) is 0 Å². The maximum absolute atomic E-state index is 13.9. The maximum Gasteiger partial charge on any atom is 0.416 e. The lowest BCUT2D eigenvalue weighted by Crippen LogP contribution is -2.48. The highest BCUT2D eigenvalue weighted by atomic mass is 19.4. The third kappa shape index (κ3) is 11.3. The zero-order valence-electron chi connectivity index (χ0n) is 39.1. The Morgan fingerprint density at radius 2 is 0.930 bits per heavy atom. The number of hydrogen-bond acceptors (Lipinski definition) is 9. The van der Waals surface area contributed by atoms with Gasteiger partial charge in [-0.05, 0) is 109 Å². The summed E-state index contributed by atoms with van der Waals surface area (Å²) in [7, 11) is 2.41. The van der Waals surface area contributed by atoms with Gasteiger partial charge in [0.15, 0.2) is 0 Å². The van der Waals surface area contributed by atoms with E-state index in [2.05, 4.69) is 26.2 Å². The summed E-state index contributed by atoms with van der Waals surface area (Å²) in [6, 6.07) is 32.7. The summed E-state index contributed by atoms with van der Waals surface area (Å²) in [5, 5.41) is 11.1. The van der Waals surface area contributed by atoms with E-state index in [-0.39, 0.29) is 23.9 Å². The fourth-order valence-corrected chi connectivity index (χ4v) is 9.83. The molecule has 15 nitrogen and oxygen atoms in total. The molecule has 0 bridgehead atoms. The number of carbonyl (C=O) groups excluding carboxylic acids is 6. The Bertz CT molecular complexity index is 2540. The van der Waals surface area contributed by atoms with Gasteiger partial charge < -0.3 is 45.4 Å². The molecule has 8 rings (SSSR count). The highest BCUT2D eigenvalue weighted by Crippen LogP contribution is 2.48. The van der Waals surface area contributed by atoms with Gasteiger partial charge in [0, 0.05) is 30.2 Å². The molecule has 3 aliphatic rings. The molecule has 3 fully saturated rings. The van der Waals surface area contributed by atoms with Crippen LogP contribution in [0.5, 0.6) is 0 Å². The largest absolute Gasteiger partial charge is 0.453 e. The van der Waals surface area contributed by atoms with Crippen LogP contribution in [-0.4, -0.2) is 85.0 Å². The van der Waals surface area contributed by atoms with Crippen molar-refractivity contribution >= 4 is 52.9 Å². The molecule has 0 saturated carbocycles. The van der Waals surface area contributed by atoms with Crippen LogP contribution in [0.1, 0.15) is 90.5 Å². The normalized spacial score (nSPS) is 19.6. The van der Waals surface area contributed by atoms with E-state index >= 15 is 0 Å². The summed E-state index contributed by atoms with van der Waals surface area (Å²) in [6.45, 7) is 0.635. The summed E-state index contributed by atoms with van der Waals surface area (Å²) in [6.07, 6.45) is -2.82. The summed E-state index contributed by atoms with van der Waals surface area (Å²) in [5.74, 6) is -1.66. The minimum Gasteiger partial charge on any atom is -0.453 e. The number of anilines is 3. The lowest BCUT2D eigenvalue weighted by atomic mass is 10.0. The Morgan fingerprint density at radius 3 is 1.30 bits per heavy atom. The van der Waals surface area contributed by atoms with Gasteiger partial charge in [0.25, 0.3) is 11.8 Å². The van der Waals surface area contributed by atoms with Gasteiger partial charge >= 0.3 is 18.4 Å². The van der Waals surface area contributed by atoms with E-state index < -0.39 is 59.9 Å². The first-order valence-electron chi connectivity index (χ1n) is 23.4. The summed E-state index contributed by atoms with van der Waals surface area (Å²) in [4.78, 5) is 84.9. The number of rotatable bonds is 13. The minimum absolute atomic E-state index is 0.277. The lowest BCUT2D eigenvalue weighted by molar-refractivity contribution is -0.138. The molecular formula is C53H54F3N7O8. The first-order valence-corrected chi connectivity index (χ1v) is 23.4. The van der Waals surface area contributed by atoms with Crippen LogP contribution in [0.2, 0.25) is 0 Å². The number of hydrogen-bond donors (Lipinski definition) is 4.